The van der Waals surface area contributed by atoms with Crippen LogP contribution >= 0.6 is 28.1 Å². The number of benzene rings is 1. The number of carbonyl (C=O) groups is 1. The Morgan fingerprint density at radius 3 is 2.80 bits per heavy atom. The first-order valence-electron chi connectivity index (χ1n) is 9.35. The largest absolute Gasteiger partial charge is 0.486 e. The number of thiocarbonyl (C=S) groups is 1. The van der Waals surface area contributed by atoms with Crippen molar-refractivity contribution in [1.29, 1.82) is 0 Å². The molecule has 1 aliphatic rings. The molecule has 2 aromatic heterocycles. The minimum absolute atomic E-state index is 0.201. The Balaban J connectivity index is 1.40. The fraction of sp³-hybridized carbons (Fsp3) is 0.190. The molecule has 0 bridgehead atoms. The van der Waals surface area contributed by atoms with Crippen LogP contribution in [0.3, 0.4) is 0 Å². The molecular formula is C21H19BrN4O3S. The highest BCUT2D eigenvalue weighted by atomic mass is 79.9. The number of furan rings is 1. The molecular weight excluding hydrogens is 468 g/mol. The number of aromatic nitrogens is 2. The minimum Gasteiger partial charge on any atom is -0.486 e. The quantitative estimate of drug-likeness (QED) is 0.400. The summed E-state index contributed by atoms with van der Waals surface area (Å²) >= 11 is 8.72. The Morgan fingerprint density at radius 2 is 2.07 bits per heavy atom. The topological polar surface area (TPSA) is 72.5 Å². The van der Waals surface area contributed by atoms with Crippen LogP contribution in [0.5, 0.6) is 5.75 Å². The summed E-state index contributed by atoms with van der Waals surface area (Å²) in [4.78, 5) is 14.3. The van der Waals surface area contributed by atoms with E-state index >= 15 is 0 Å². The Kier molecular flexibility index (Phi) is 6.01. The van der Waals surface area contributed by atoms with E-state index in [0.29, 0.717) is 28.9 Å². The van der Waals surface area contributed by atoms with Gasteiger partial charge in [0.05, 0.1) is 12.7 Å². The molecule has 0 radical (unpaired) electrons. The van der Waals surface area contributed by atoms with Crippen LogP contribution in [0.2, 0.25) is 0 Å². The standard InChI is InChI=1S/C21H19BrN4O3S/c1-2-25-11-14(10-23-25)12-26-20(27)19(24-21(26)30)9-17-7-8-18(29-17)13-28-16-5-3-15(22)4-6-16/h3-11H,2,12-13H2,1H3,(H,24,30)/b19-9+. The van der Waals surface area contributed by atoms with E-state index in [-0.39, 0.29) is 12.5 Å². The van der Waals surface area contributed by atoms with Crippen LogP contribution in [0, 0.1) is 0 Å². The van der Waals surface area contributed by atoms with Gasteiger partial charge in [-0.05, 0) is 55.5 Å². The lowest BCUT2D eigenvalue weighted by atomic mass is 10.3. The van der Waals surface area contributed by atoms with Crippen molar-refractivity contribution < 1.29 is 13.9 Å². The summed E-state index contributed by atoms with van der Waals surface area (Å²) in [5, 5.41) is 7.55. The zero-order valence-corrected chi connectivity index (χ0v) is 18.6. The number of aryl methyl sites for hydroxylation is 1. The highest BCUT2D eigenvalue weighted by molar-refractivity contribution is 9.10. The van der Waals surface area contributed by atoms with E-state index in [1.54, 1.807) is 18.3 Å². The van der Waals surface area contributed by atoms with Crippen LogP contribution < -0.4 is 10.1 Å². The molecule has 1 saturated heterocycles. The molecule has 1 amide bonds. The van der Waals surface area contributed by atoms with E-state index in [1.807, 2.05) is 48.1 Å². The third-order valence-electron chi connectivity index (χ3n) is 4.48. The molecule has 0 aliphatic carbocycles. The Morgan fingerprint density at radius 1 is 1.27 bits per heavy atom. The van der Waals surface area contributed by atoms with Gasteiger partial charge < -0.3 is 14.5 Å². The summed E-state index contributed by atoms with van der Waals surface area (Å²) in [5.41, 5.74) is 1.29. The van der Waals surface area contributed by atoms with E-state index < -0.39 is 0 Å². The lowest BCUT2D eigenvalue weighted by Crippen LogP contribution is -2.29. The van der Waals surface area contributed by atoms with Crippen LogP contribution in [0.15, 0.2) is 63.4 Å². The van der Waals surface area contributed by atoms with Crippen molar-refractivity contribution in [3.63, 3.8) is 0 Å². The van der Waals surface area contributed by atoms with E-state index in [1.165, 1.54) is 4.90 Å². The third kappa shape index (κ3) is 4.63. The molecule has 3 heterocycles. The number of hydrogen-bond donors (Lipinski definition) is 1. The number of nitrogens with one attached hydrogen (secondary N) is 1. The van der Waals surface area contributed by atoms with Gasteiger partial charge in [0.1, 0.15) is 29.6 Å². The van der Waals surface area contributed by atoms with Gasteiger partial charge in [0.25, 0.3) is 5.91 Å². The first kappa shape index (κ1) is 20.4. The summed E-state index contributed by atoms with van der Waals surface area (Å²) in [5.74, 6) is 1.74. The fourth-order valence-electron chi connectivity index (χ4n) is 2.94. The molecule has 7 nitrogen and oxygen atoms in total. The Hall–Kier alpha value is -2.91. The van der Waals surface area contributed by atoms with Crippen molar-refractivity contribution in [3.05, 3.63) is 76.0 Å². The highest BCUT2D eigenvalue weighted by Gasteiger charge is 2.31. The number of rotatable bonds is 7. The summed E-state index contributed by atoms with van der Waals surface area (Å²) in [6.45, 7) is 3.44. The van der Waals surface area contributed by atoms with Crippen molar-refractivity contribution in [2.24, 2.45) is 0 Å². The van der Waals surface area contributed by atoms with Gasteiger partial charge in [0, 0.05) is 28.9 Å². The lowest BCUT2D eigenvalue weighted by Gasteiger charge is -2.12. The summed E-state index contributed by atoms with van der Waals surface area (Å²) in [6.07, 6.45) is 5.29. The molecule has 1 fully saturated rings. The normalized spacial score (nSPS) is 15.1. The summed E-state index contributed by atoms with van der Waals surface area (Å²) < 4.78 is 14.3. The number of amides is 1. The van der Waals surface area contributed by atoms with Gasteiger partial charge in [-0.15, -0.1) is 0 Å². The van der Waals surface area contributed by atoms with Crippen LogP contribution in [-0.2, 0) is 24.5 Å². The number of hydrogen-bond acceptors (Lipinski definition) is 5. The van der Waals surface area contributed by atoms with E-state index in [4.69, 9.17) is 21.4 Å². The zero-order chi connectivity index (χ0) is 21.1. The van der Waals surface area contributed by atoms with Gasteiger partial charge in [-0.25, -0.2) is 0 Å². The Bertz CT molecular complexity index is 1100. The van der Waals surface area contributed by atoms with E-state index in [9.17, 15) is 4.79 Å². The van der Waals surface area contributed by atoms with E-state index in [2.05, 4.69) is 26.3 Å². The summed E-state index contributed by atoms with van der Waals surface area (Å²) in [7, 11) is 0. The minimum atomic E-state index is -0.201. The van der Waals surface area contributed by atoms with Gasteiger partial charge in [0.15, 0.2) is 5.11 Å². The maximum Gasteiger partial charge on any atom is 0.276 e. The molecule has 0 unspecified atom stereocenters. The molecule has 3 aromatic rings. The second-order valence-corrected chi connectivity index (χ2v) is 7.93. The van der Waals surface area contributed by atoms with Gasteiger partial charge >= 0.3 is 0 Å². The molecule has 1 aromatic carbocycles. The van der Waals surface area contributed by atoms with Crippen LogP contribution in [-0.4, -0.2) is 25.7 Å². The summed E-state index contributed by atoms with van der Waals surface area (Å²) in [6, 6.07) is 11.2. The van der Waals surface area contributed by atoms with Gasteiger partial charge in [-0.3, -0.25) is 14.4 Å². The molecule has 30 heavy (non-hydrogen) atoms. The maximum absolute atomic E-state index is 12.8. The maximum atomic E-state index is 12.8. The molecule has 0 saturated carbocycles. The Labute approximate surface area is 187 Å². The molecule has 1 aliphatic heterocycles. The van der Waals surface area contributed by atoms with Crippen molar-refractivity contribution in [2.75, 3.05) is 0 Å². The predicted molar refractivity (Wildman–Crippen MR) is 119 cm³/mol. The first-order chi connectivity index (χ1) is 14.5. The molecule has 0 spiro atoms. The SMILES string of the molecule is CCn1cc(CN2C(=O)/C(=C\c3ccc(COc4ccc(Br)cc4)o3)NC2=S)cn1. The van der Waals surface area contributed by atoms with Crippen LogP contribution in [0.25, 0.3) is 6.08 Å². The second-order valence-electron chi connectivity index (χ2n) is 6.63. The zero-order valence-electron chi connectivity index (χ0n) is 16.2. The molecule has 154 valence electrons. The van der Waals surface area contributed by atoms with Crippen LogP contribution in [0.1, 0.15) is 24.0 Å². The van der Waals surface area contributed by atoms with Gasteiger partial charge in [-0.1, -0.05) is 15.9 Å². The van der Waals surface area contributed by atoms with Crippen molar-refractivity contribution in [3.8, 4) is 5.75 Å². The number of carbonyl (C=O) groups excluding carboxylic acids is 1. The number of nitrogens with zero attached hydrogens (tertiary/aromatic N) is 3. The highest BCUT2D eigenvalue weighted by Crippen LogP contribution is 2.20. The molecule has 4 rings (SSSR count). The van der Waals surface area contributed by atoms with Gasteiger partial charge in [-0.2, -0.15) is 5.10 Å². The van der Waals surface area contributed by atoms with Crippen molar-refractivity contribution in [2.45, 2.75) is 26.6 Å². The molecule has 0 atom stereocenters. The fourth-order valence-corrected chi connectivity index (χ4v) is 3.46. The van der Waals surface area contributed by atoms with Crippen molar-refractivity contribution >= 4 is 45.2 Å². The predicted octanol–water partition coefficient (Wildman–Crippen LogP) is 4.10. The number of ether oxygens (including phenoxy) is 1. The molecule has 9 heteroatoms. The average Bonchev–Trinajstić information content (AvgIpc) is 3.45. The average molecular weight is 487 g/mol. The van der Waals surface area contributed by atoms with Gasteiger partial charge in [0.2, 0.25) is 0 Å². The lowest BCUT2D eigenvalue weighted by molar-refractivity contribution is -0.122. The smallest absolute Gasteiger partial charge is 0.276 e. The van der Waals surface area contributed by atoms with E-state index in [0.717, 1.165) is 22.3 Å². The van der Waals surface area contributed by atoms with Crippen molar-refractivity contribution in [1.82, 2.24) is 20.0 Å². The number of halogens is 1. The monoisotopic (exact) mass is 486 g/mol. The molecule has 1 N–H and O–H groups in total. The third-order valence-corrected chi connectivity index (χ3v) is 5.33. The van der Waals surface area contributed by atoms with Crippen LogP contribution in [0.4, 0.5) is 0 Å². The second kappa shape index (κ2) is 8.85. The first-order valence-corrected chi connectivity index (χ1v) is 10.5.